The molecule has 19 N–H and O–H groups in total. The van der Waals surface area contributed by atoms with Crippen molar-refractivity contribution < 1.29 is 174 Å². The third-order valence-electron chi connectivity index (χ3n) is 22.0. The van der Waals surface area contributed by atoms with E-state index in [1.165, 1.54) is 103 Å². The lowest BCUT2D eigenvalue weighted by atomic mass is 9.63. The van der Waals surface area contributed by atoms with Crippen LogP contribution in [0.15, 0.2) is 0 Å². The number of aliphatic carboxylic acids is 4. The molecule has 0 aromatic rings. The molecule has 1 spiro atoms. The lowest BCUT2D eigenvalue weighted by Gasteiger charge is -2.55. The summed E-state index contributed by atoms with van der Waals surface area (Å²) in [6.07, 6.45) is -7.20. The van der Waals surface area contributed by atoms with Crippen molar-refractivity contribution in [2.45, 2.75) is 405 Å². The number of carboxylic acids is 4. The van der Waals surface area contributed by atoms with Gasteiger partial charge in [0.1, 0.15) is 97.7 Å². The smallest absolute Gasteiger partial charge is 0.335 e. The summed E-state index contributed by atoms with van der Waals surface area (Å²) in [7, 11) is 0. The van der Waals surface area contributed by atoms with Gasteiger partial charge >= 0.3 is 23.9 Å². The number of aliphatic hydroxyl groups excluding tert-OH is 15. The first-order valence-corrected chi connectivity index (χ1v) is 40.8. The van der Waals surface area contributed by atoms with Gasteiger partial charge in [-0.05, 0) is 38.5 Å². The molecule has 9 aliphatic rings. The average molecular weight is 1610 g/mol. The molecule has 111 heavy (non-hydrogen) atoms. The van der Waals surface area contributed by atoms with Crippen LogP contribution >= 0.6 is 0 Å². The summed E-state index contributed by atoms with van der Waals surface area (Å²) in [6.45, 7) is 11.5. The quantitative estimate of drug-likeness (QED) is 0.0389. The molecule has 35 heteroatoms. The fourth-order valence-electron chi connectivity index (χ4n) is 15.0. The molecular formula is C76H138O35. The van der Waals surface area contributed by atoms with Crippen molar-refractivity contribution >= 4 is 23.9 Å². The maximum Gasteiger partial charge on any atom is 0.335 e. The van der Waals surface area contributed by atoms with Gasteiger partial charge in [0.05, 0.1) is 24.7 Å². The fraction of sp³-hybridized carbons (Fsp3) is 0.947. The number of fused-ring (bicyclic) bond motifs is 3. The number of rotatable bonds is 43. The van der Waals surface area contributed by atoms with Crippen LogP contribution in [0.3, 0.4) is 0 Å². The van der Waals surface area contributed by atoms with E-state index in [2.05, 4.69) is 27.7 Å². The summed E-state index contributed by atoms with van der Waals surface area (Å²) in [5.41, 5.74) is 0. The summed E-state index contributed by atoms with van der Waals surface area (Å²) >= 11 is 0. The van der Waals surface area contributed by atoms with Crippen molar-refractivity contribution in [1.82, 2.24) is 0 Å². The standard InChI is InChI=1S/C24H42O13.C24H40O10.C14H26O7.C14H28O5.H2/c1-2-3-4-5-6-7-8-9-10-11-12-34-23-17(29)15(27)18(20(37-23)22(32)33)35-24-16(28)13(25)14(26)19(36-24)21(30)31;1-2-3-4-5-6-7-11-31-23-16-15(13-9-8-10-13)17(25)14(33-23)12-32-24(16)21(28)19(27)18(26)20(34-24)22(29)30;1-2-3-4-5-6-7-8-20-14-11(17)9(15)10(16)12(21-14)13(18)19;1-3-4-5-6-7-8-9-18-14-13(17)12(16)11(15)10(2)19-14;/h13-20,23-29H,2-12H2,1H3,(H,30,31)(H,32,33);13-21,23,25-28H,2-12H2,1H3,(H,29,30);9-12,14-17H,2-8H2,1H3,(H,18,19);10-17H,3-9H2,1-2H3;1H/t13-,14-,15+,16?,17?,18-,19?,20?,23+,24+;14-,15-,16-,17-,18-,19+,20+,21-,23-,24+;9-,10-,11?,12?,14+;10-,11-,12+,13-,14-;/m0101./s1/i;;;;1+1. The molecule has 0 aromatic heterocycles. The van der Waals surface area contributed by atoms with Crippen LogP contribution in [0.2, 0.25) is 0 Å². The van der Waals surface area contributed by atoms with Gasteiger partial charge in [-0.3, -0.25) is 0 Å². The molecule has 8 aliphatic heterocycles. The molecule has 2 bridgehead atoms. The molecule has 30 atom stereocenters. The minimum Gasteiger partial charge on any atom is -0.479 e. The molecule has 0 radical (unpaired) electrons. The van der Waals surface area contributed by atoms with E-state index in [4.69, 9.17) is 67.1 Å². The minimum absolute atomic E-state index is 0. The summed E-state index contributed by atoms with van der Waals surface area (Å²) in [6, 6.07) is 0. The Bertz CT molecular complexity index is 2570. The maximum absolute atomic E-state index is 11.8. The van der Waals surface area contributed by atoms with Crippen molar-refractivity contribution in [3.8, 4) is 0 Å². The van der Waals surface area contributed by atoms with E-state index in [0.29, 0.717) is 26.2 Å². The Morgan fingerprint density at radius 3 is 1.07 bits per heavy atom. The predicted octanol–water partition coefficient (Wildman–Crippen LogP) is 2.20. The van der Waals surface area contributed by atoms with E-state index in [1.54, 1.807) is 6.92 Å². The second-order valence-corrected chi connectivity index (χ2v) is 30.6. The van der Waals surface area contributed by atoms with Crippen molar-refractivity contribution in [2.24, 2.45) is 17.8 Å². The van der Waals surface area contributed by atoms with Gasteiger partial charge in [0.25, 0.3) is 0 Å². The SMILES string of the molecule is CCCCCCCCCCCCO[C@@H]1OC(C(=O)O)[C@@H](O[C@@H]2OC(C(=O)O)[C@@H](O)[C@H](O)C2O)[C@H](O)C1O.CCCCCCCCO[C@@H]1OC(C(=O)O)[C@@H](O)[C@H](O)C1O.CCCCCCCCO[C@@H]1O[C@@H]2CO[C@]3(O[C@H](C(=O)O)[C@H](O)[C@H](O)[C@H]3O)[C@@H]1[C@@H](C1CCC1)[C@@H]2O.CCCCCCCCO[C@@H]1O[C@H](C)[C@@H](O)[C@H](O)[C@H]1O.[2HH]. The first-order chi connectivity index (χ1) is 53.0. The Labute approximate surface area is 652 Å². The normalized spacial score (nSPS) is 38.1. The molecule has 6 unspecified atom stereocenters. The highest BCUT2D eigenvalue weighted by Gasteiger charge is 2.69. The van der Waals surface area contributed by atoms with Gasteiger partial charge < -0.3 is 154 Å². The largest absolute Gasteiger partial charge is 0.479 e. The van der Waals surface area contributed by atoms with Crippen LogP contribution in [0, 0.1) is 17.8 Å². The lowest BCUT2D eigenvalue weighted by Crippen LogP contribution is -2.72. The third kappa shape index (κ3) is 28.8. The summed E-state index contributed by atoms with van der Waals surface area (Å²) in [5, 5.41) is 189. The molecule has 35 nitrogen and oxygen atoms in total. The summed E-state index contributed by atoms with van der Waals surface area (Å²) in [4.78, 5) is 45.8. The Balaban J connectivity index is 0.000000326. The van der Waals surface area contributed by atoms with Crippen LogP contribution in [-0.4, -0.2) is 325 Å². The Hall–Kier alpha value is -3.20. The van der Waals surface area contributed by atoms with Gasteiger partial charge in [-0.15, -0.1) is 0 Å². The molecule has 8 heterocycles. The second kappa shape index (κ2) is 51.2. The first kappa shape index (κ1) is 98.4. The fourth-order valence-corrected chi connectivity index (χ4v) is 15.0. The number of hydrogen-bond acceptors (Lipinski definition) is 31. The topological polar surface area (TPSA) is 563 Å². The second-order valence-electron chi connectivity index (χ2n) is 30.6. The number of carboxylic acid groups (broad SMARTS) is 4. The van der Waals surface area contributed by atoms with E-state index in [0.717, 1.165) is 89.9 Å². The van der Waals surface area contributed by atoms with Crippen molar-refractivity contribution in [3.05, 3.63) is 0 Å². The Morgan fingerprint density at radius 2 is 0.685 bits per heavy atom. The lowest BCUT2D eigenvalue weighted by molar-refractivity contribution is -0.395. The van der Waals surface area contributed by atoms with Crippen LogP contribution in [-0.2, 0) is 76.0 Å². The van der Waals surface area contributed by atoms with Crippen LogP contribution in [0.1, 0.15) is 235 Å². The summed E-state index contributed by atoms with van der Waals surface area (Å²) < 4.78 is 66.2. The molecular weight excluding hydrogens is 1470 g/mol. The van der Waals surface area contributed by atoms with Crippen molar-refractivity contribution in [2.75, 3.05) is 33.0 Å². The van der Waals surface area contributed by atoms with Crippen LogP contribution in [0.25, 0.3) is 0 Å². The number of aliphatic hydroxyl groups is 15. The molecule has 9 rings (SSSR count). The van der Waals surface area contributed by atoms with E-state index < -0.39 is 207 Å². The van der Waals surface area contributed by atoms with Gasteiger partial charge in [-0.25, -0.2) is 19.2 Å². The number of unbranched alkanes of at least 4 members (excludes halogenated alkanes) is 24. The van der Waals surface area contributed by atoms with Crippen LogP contribution in [0.4, 0.5) is 0 Å². The Kier molecular flexibility index (Phi) is 45.4. The third-order valence-corrected chi connectivity index (χ3v) is 22.0. The van der Waals surface area contributed by atoms with Crippen LogP contribution in [0.5, 0.6) is 0 Å². The van der Waals surface area contributed by atoms with E-state index in [-0.39, 0.29) is 20.6 Å². The highest BCUT2D eigenvalue weighted by molar-refractivity contribution is 5.75. The highest BCUT2D eigenvalue weighted by Crippen LogP contribution is 2.55. The minimum atomic E-state index is -2.00. The van der Waals surface area contributed by atoms with Gasteiger partial charge in [0.15, 0.2) is 55.9 Å². The van der Waals surface area contributed by atoms with E-state index in [9.17, 15) is 106 Å². The zero-order valence-corrected chi connectivity index (χ0v) is 65.3. The molecule has 9 fully saturated rings. The predicted molar refractivity (Wildman–Crippen MR) is 390 cm³/mol. The van der Waals surface area contributed by atoms with Gasteiger partial charge in [-0.1, -0.05) is 201 Å². The van der Waals surface area contributed by atoms with Gasteiger partial charge in [-0.2, -0.15) is 0 Å². The number of hydrogen-bond donors (Lipinski definition) is 19. The van der Waals surface area contributed by atoms with E-state index in [1.807, 2.05) is 0 Å². The van der Waals surface area contributed by atoms with E-state index >= 15 is 0 Å². The highest BCUT2D eigenvalue weighted by atomic mass is 16.8. The molecule has 0 aromatic carbocycles. The maximum atomic E-state index is 11.8. The number of ether oxygens (including phenoxy) is 12. The molecule has 8 saturated heterocycles. The van der Waals surface area contributed by atoms with Crippen molar-refractivity contribution in [3.63, 3.8) is 0 Å². The first-order valence-electron chi connectivity index (χ1n) is 40.8. The van der Waals surface area contributed by atoms with Gasteiger partial charge in [0, 0.05) is 33.8 Å². The monoisotopic (exact) mass is 1610 g/mol. The molecule has 652 valence electrons. The van der Waals surface area contributed by atoms with Crippen molar-refractivity contribution in [1.29, 1.82) is 0 Å². The zero-order chi connectivity index (χ0) is 82.1. The van der Waals surface area contributed by atoms with Gasteiger partial charge in [0.2, 0.25) is 5.79 Å². The average Bonchev–Trinajstić information content (AvgIpc) is 1.38. The molecule has 1 saturated carbocycles. The zero-order valence-electron chi connectivity index (χ0n) is 65.3. The number of carbonyl (C=O) groups is 4. The molecule has 1 aliphatic carbocycles. The Morgan fingerprint density at radius 1 is 0.351 bits per heavy atom. The van der Waals surface area contributed by atoms with Crippen LogP contribution < -0.4 is 0 Å². The molecule has 0 amide bonds. The summed E-state index contributed by atoms with van der Waals surface area (Å²) in [5.74, 6) is -9.34.